The van der Waals surface area contributed by atoms with E-state index in [0.717, 1.165) is 17.4 Å². The summed E-state index contributed by atoms with van der Waals surface area (Å²) in [6.07, 6.45) is 5.22. The van der Waals surface area contributed by atoms with Gasteiger partial charge in [0.2, 0.25) is 26.3 Å². The lowest BCUT2D eigenvalue weighted by atomic mass is 10.1. The predicted octanol–water partition coefficient (Wildman–Crippen LogP) is 8.75. The molecule has 3 amide bonds. The van der Waals surface area contributed by atoms with Crippen molar-refractivity contribution in [2.24, 2.45) is 0 Å². The maximum atomic E-state index is 13.5. The molecule has 0 bridgehead atoms. The van der Waals surface area contributed by atoms with Crippen LogP contribution in [-0.4, -0.2) is 92.6 Å². The minimum absolute atomic E-state index is 0.00621. The molecule has 458 valence electrons. The number of anilines is 3. The Labute approximate surface area is 516 Å². The number of aromatic hydroxyl groups is 1. The summed E-state index contributed by atoms with van der Waals surface area (Å²) in [4.78, 5) is 81.6. The maximum Gasteiger partial charge on any atom is 0.274 e. The van der Waals surface area contributed by atoms with Gasteiger partial charge in [-0.05, 0) is 64.2 Å². The van der Waals surface area contributed by atoms with Crippen molar-refractivity contribution in [2.45, 2.75) is 52.5 Å². The van der Waals surface area contributed by atoms with Gasteiger partial charge in [-0.1, -0.05) is 114 Å². The average molecular weight is 1290 g/mol. The zero-order chi connectivity index (χ0) is 63.1. The quantitative estimate of drug-likeness (QED) is 0.0750. The molecular weight excluding hydrogens is 1230 g/mol. The lowest BCUT2D eigenvalue weighted by molar-refractivity contribution is 0.0673. The highest BCUT2D eigenvalue weighted by Gasteiger charge is 2.34. The fourth-order valence-corrected chi connectivity index (χ4v) is 10.9. The molecule has 3 aromatic heterocycles. The van der Waals surface area contributed by atoms with Crippen LogP contribution in [0.2, 0.25) is 15.1 Å². The fourth-order valence-electron chi connectivity index (χ4n) is 9.79. The van der Waals surface area contributed by atoms with Gasteiger partial charge in [-0.2, -0.15) is 0 Å². The number of rotatable bonds is 15. The Hall–Kier alpha value is -9.23. The minimum Gasteiger partial charge on any atom is -0.502 e. The molecule has 0 atom stereocenters. The lowest BCUT2D eigenvalue weighted by Crippen LogP contribution is -2.42. The Morgan fingerprint density at radius 1 is 0.511 bits per heavy atom. The van der Waals surface area contributed by atoms with Crippen molar-refractivity contribution in [1.82, 2.24) is 28.4 Å². The zero-order valence-corrected chi connectivity index (χ0v) is 50.0. The third-order valence-corrected chi connectivity index (χ3v) is 15.6. The molecule has 88 heavy (non-hydrogen) atoms. The minimum atomic E-state index is -3.74. The molecule has 11 rings (SSSR count). The van der Waals surface area contributed by atoms with Gasteiger partial charge in [0.05, 0.1) is 21.3 Å². The predicted molar refractivity (Wildman–Crippen MR) is 326 cm³/mol. The monoisotopic (exact) mass is 1280 g/mol. The number of benzene rings is 5. The first-order chi connectivity index (χ1) is 42.0. The van der Waals surface area contributed by atoms with Gasteiger partial charge in [0.25, 0.3) is 17.7 Å². The number of aromatic nitrogens is 3. The lowest BCUT2D eigenvalue weighted by Gasteiger charge is -2.31. The molecule has 0 unspecified atom stereocenters. The smallest absolute Gasteiger partial charge is 0.274 e. The van der Waals surface area contributed by atoms with Gasteiger partial charge in [-0.15, -0.1) is 0 Å². The highest BCUT2D eigenvalue weighted by molar-refractivity contribution is 7.92. The molecule has 20 nitrogen and oxygen atoms in total. The van der Waals surface area contributed by atoms with E-state index in [1.54, 1.807) is 45.3 Å². The summed E-state index contributed by atoms with van der Waals surface area (Å²) in [7, 11) is -2.17. The molecule has 0 saturated carbocycles. The number of halogens is 6. The van der Waals surface area contributed by atoms with E-state index in [0.29, 0.717) is 42.9 Å². The summed E-state index contributed by atoms with van der Waals surface area (Å²) in [6, 6.07) is 31.1. The number of amides is 3. The summed E-state index contributed by atoms with van der Waals surface area (Å²) in [5.74, 6) is -3.79. The molecule has 5 N–H and O–H groups in total. The van der Waals surface area contributed by atoms with Crippen molar-refractivity contribution in [1.29, 1.82) is 0 Å². The van der Waals surface area contributed by atoms with Gasteiger partial charge in [-0.3, -0.25) is 33.5 Å². The van der Waals surface area contributed by atoms with Crippen LogP contribution >= 0.6 is 34.8 Å². The van der Waals surface area contributed by atoms with Gasteiger partial charge in [0.1, 0.15) is 47.7 Å². The van der Waals surface area contributed by atoms with Crippen LogP contribution in [0.3, 0.4) is 0 Å². The van der Waals surface area contributed by atoms with Crippen molar-refractivity contribution >= 4 is 79.6 Å². The number of nitrogen functional groups attached to an aromatic ring is 1. The van der Waals surface area contributed by atoms with Crippen LogP contribution in [0.4, 0.5) is 30.2 Å². The van der Waals surface area contributed by atoms with E-state index in [-0.39, 0.29) is 113 Å². The molecule has 0 saturated heterocycles. The van der Waals surface area contributed by atoms with Crippen molar-refractivity contribution in [3.8, 4) is 17.2 Å². The number of ether oxygens (including phenoxy) is 2. The number of hydrogen-bond acceptors (Lipinski definition) is 13. The van der Waals surface area contributed by atoms with Gasteiger partial charge in [0.15, 0.2) is 34.3 Å². The fraction of sp³-hybridized carbons (Fsp3) is 0.213. The topological polar surface area (TPSA) is 250 Å². The molecule has 0 aliphatic carbocycles. The van der Waals surface area contributed by atoms with Crippen LogP contribution in [0.15, 0.2) is 148 Å². The molecule has 0 radical (unpaired) electrons. The molecule has 8 aromatic rings. The maximum absolute atomic E-state index is 13.5. The van der Waals surface area contributed by atoms with E-state index in [1.165, 1.54) is 75.4 Å². The second-order valence-electron chi connectivity index (χ2n) is 20.4. The number of nitrogens with one attached hydrogen (secondary N) is 2. The summed E-state index contributed by atoms with van der Waals surface area (Å²) < 4.78 is 82.2. The van der Waals surface area contributed by atoms with Gasteiger partial charge in [-0.25, -0.2) is 21.6 Å². The van der Waals surface area contributed by atoms with Crippen LogP contribution in [-0.2, 0) is 62.5 Å². The third-order valence-electron chi connectivity index (χ3n) is 14.2. The van der Waals surface area contributed by atoms with E-state index in [1.807, 2.05) is 48.5 Å². The Morgan fingerprint density at radius 3 is 1.28 bits per heavy atom. The first-order valence-electron chi connectivity index (χ1n) is 26.9. The SMILES string of the molecule is CNc1cn2c(c(O)c1=O)C(=O)N(Cc1ccc(F)c(Cl)c1)CC2.CS(=O)(=O)Nc1cn2c(c(OCc3ccccc3)c1=O)C(=O)N(Cc1ccc(F)c(Cl)c1)CC2.Nc1cn2c(c(OCc3ccccc3)c1=O)C(=O)N(Cc1ccc(F)c(Cl)c1)CC2. The summed E-state index contributed by atoms with van der Waals surface area (Å²) in [6.45, 7) is 2.97. The molecule has 0 fully saturated rings. The number of hydrogen-bond donors (Lipinski definition) is 4. The number of carbonyl (C=O) groups is 3. The Balaban J connectivity index is 0.000000159. The highest BCUT2D eigenvalue weighted by atomic mass is 35.5. The van der Waals surface area contributed by atoms with E-state index in [2.05, 4.69) is 10.0 Å². The van der Waals surface area contributed by atoms with Crippen molar-refractivity contribution in [2.75, 3.05) is 48.7 Å². The Bertz CT molecular complexity index is 4310. The number of carbonyl (C=O) groups excluding carboxylic acids is 3. The second-order valence-corrected chi connectivity index (χ2v) is 23.4. The average Bonchev–Trinajstić information content (AvgIpc) is 1.48. The number of fused-ring (bicyclic) bond motifs is 3. The van der Waals surface area contributed by atoms with E-state index >= 15 is 0 Å². The molecule has 0 spiro atoms. The zero-order valence-electron chi connectivity index (χ0n) is 46.9. The van der Waals surface area contributed by atoms with Crippen LogP contribution in [0, 0.1) is 17.5 Å². The van der Waals surface area contributed by atoms with Gasteiger partial charge in [0, 0.05) is 84.5 Å². The van der Waals surface area contributed by atoms with E-state index < -0.39 is 61.3 Å². The highest BCUT2D eigenvalue weighted by Crippen LogP contribution is 2.30. The van der Waals surface area contributed by atoms with E-state index in [9.17, 15) is 55.5 Å². The molecule has 27 heteroatoms. The summed E-state index contributed by atoms with van der Waals surface area (Å²) >= 11 is 17.5. The second kappa shape index (κ2) is 27.2. The number of nitrogens with two attached hydrogens (primary N) is 1. The van der Waals surface area contributed by atoms with Crippen LogP contribution in [0.1, 0.15) is 59.3 Å². The molecule has 3 aliphatic heterocycles. The standard InChI is InChI=1S/C23H21ClFN3O5S.C22H19ClFN3O3.C16H15ClFN3O3/c1-34(31,32)26-19-13-27-9-10-28(12-16-7-8-18(25)17(24)11-16)23(30)20(27)22(21(19)29)33-14-15-5-3-2-4-6-15;23-16-10-15(6-7-17(16)24)11-27-9-8-26-12-18(25)20(28)21(19(26)22(27)29)30-13-14-4-2-1-3-5-14;1-19-12-8-20-4-5-21(16(24)13(20)15(23)14(12)22)7-9-2-3-11(18)10(17)6-9/h2-8,11,13,26H,9-10,12,14H2,1H3;1-7,10,12H,8-9,11,13,25H2;2-3,6,8,19,23H,4-5,7H2,1H3. The largest absolute Gasteiger partial charge is 0.502 e. The van der Waals surface area contributed by atoms with Crippen LogP contribution < -0.4 is 41.5 Å². The number of pyridine rings is 3. The van der Waals surface area contributed by atoms with Gasteiger partial charge < -0.3 is 54.0 Å². The van der Waals surface area contributed by atoms with Crippen molar-refractivity contribution in [3.63, 3.8) is 0 Å². The third kappa shape index (κ3) is 14.6. The number of sulfonamides is 1. The van der Waals surface area contributed by atoms with Gasteiger partial charge >= 0.3 is 0 Å². The molecule has 6 heterocycles. The van der Waals surface area contributed by atoms with Crippen LogP contribution in [0.25, 0.3) is 0 Å². The summed E-state index contributed by atoms with van der Waals surface area (Å²) in [5, 5.41) is 12.7. The molecule has 5 aromatic carbocycles. The first-order valence-corrected chi connectivity index (χ1v) is 30.0. The van der Waals surface area contributed by atoms with Crippen molar-refractivity contribution in [3.05, 3.63) is 242 Å². The number of nitrogens with zero attached hydrogens (tertiary/aromatic N) is 6. The van der Waals surface area contributed by atoms with E-state index in [4.69, 9.17) is 50.0 Å². The Kier molecular flexibility index (Phi) is 19.6. The molecule has 3 aliphatic rings. The molecular formula is C61H55Cl3F3N9O11S. The normalized spacial score (nSPS) is 13.5. The summed E-state index contributed by atoms with van der Waals surface area (Å²) in [5.41, 5.74) is 7.75. The first kappa shape index (κ1) is 63.3. The van der Waals surface area contributed by atoms with Crippen LogP contribution in [0.5, 0.6) is 17.2 Å². The Morgan fingerprint density at radius 2 is 0.886 bits per heavy atom. The van der Waals surface area contributed by atoms with Crippen molar-refractivity contribution < 1.29 is 50.6 Å².